The van der Waals surface area contributed by atoms with Crippen LogP contribution in [-0.4, -0.2) is 27.3 Å². The van der Waals surface area contributed by atoms with Gasteiger partial charge in [-0.05, 0) is 26.8 Å². The summed E-state index contributed by atoms with van der Waals surface area (Å²) in [7, 11) is 0. The van der Waals surface area contributed by atoms with Crippen LogP contribution in [0.15, 0.2) is 10.5 Å². The van der Waals surface area contributed by atoms with Crippen LogP contribution in [0.1, 0.15) is 33.3 Å². The normalized spacial score (nSPS) is 10.4. The topological polar surface area (TPSA) is 120 Å². The average Bonchev–Trinajstić information content (AvgIpc) is 2.94. The lowest BCUT2D eigenvalue weighted by Gasteiger charge is -2.06. The van der Waals surface area contributed by atoms with Gasteiger partial charge >= 0.3 is 12.0 Å². The second-order valence-corrected chi connectivity index (χ2v) is 4.60. The first-order valence-corrected chi connectivity index (χ1v) is 6.27. The fourth-order valence-corrected chi connectivity index (χ4v) is 1.90. The first kappa shape index (κ1) is 14.6. The minimum absolute atomic E-state index is 0.0914. The van der Waals surface area contributed by atoms with Gasteiger partial charge in [0.25, 0.3) is 0 Å². The lowest BCUT2D eigenvalue weighted by Crippen LogP contribution is -2.28. The summed E-state index contributed by atoms with van der Waals surface area (Å²) in [5.74, 6) is -0.376. The number of carboxylic acids is 1. The molecule has 8 heteroatoms. The number of furan rings is 1. The monoisotopic (exact) mass is 292 g/mol. The van der Waals surface area contributed by atoms with Crippen LogP contribution in [-0.2, 0) is 6.54 Å². The molecule has 112 valence electrons. The van der Waals surface area contributed by atoms with Crippen molar-refractivity contribution in [2.45, 2.75) is 27.3 Å². The smallest absolute Gasteiger partial charge is 0.339 e. The first-order chi connectivity index (χ1) is 9.88. The summed E-state index contributed by atoms with van der Waals surface area (Å²) in [6.45, 7) is 5.22. The quantitative estimate of drug-likeness (QED) is 0.686. The van der Waals surface area contributed by atoms with Crippen molar-refractivity contribution in [3.8, 4) is 0 Å². The SMILES string of the molecule is Cc1n[nH]c(C)c1NC(=O)NCc1cc(C(=O)O)c(C)o1. The second-order valence-electron chi connectivity index (χ2n) is 4.60. The molecule has 0 aromatic carbocycles. The summed E-state index contributed by atoms with van der Waals surface area (Å²) in [4.78, 5) is 22.7. The molecule has 0 radical (unpaired) electrons. The average molecular weight is 292 g/mol. The zero-order valence-corrected chi connectivity index (χ0v) is 11.9. The third kappa shape index (κ3) is 3.22. The van der Waals surface area contributed by atoms with Gasteiger partial charge in [0.05, 0.1) is 23.6 Å². The Labute approximate surface area is 120 Å². The number of aromatic amines is 1. The van der Waals surface area contributed by atoms with Crippen molar-refractivity contribution in [1.82, 2.24) is 15.5 Å². The number of carbonyl (C=O) groups excluding carboxylic acids is 1. The molecule has 2 aromatic rings. The summed E-state index contributed by atoms with van der Waals surface area (Å²) in [5.41, 5.74) is 2.15. The molecular formula is C13H16N4O4. The number of H-pyrrole nitrogens is 1. The lowest BCUT2D eigenvalue weighted by molar-refractivity contribution is 0.0695. The number of nitrogens with zero attached hydrogens (tertiary/aromatic N) is 1. The van der Waals surface area contributed by atoms with Crippen molar-refractivity contribution >= 4 is 17.7 Å². The van der Waals surface area contributed by atoms with Crippen molar-refractivity contribution < 1.29 is 19.1 Å². The van der Waals surface area contributed by atoms with Gasteiger partial charge in [0.2, 0.25) is 0 Å². The minimum atomic E-state index is -1.06. The number of carboxylic acid groups (broad SMARTS) is 1. The molecule has 2 aromatic heterocycles. The van der Waals surface area contributed by atoms with Gasteiger partial charge in [0.15, 0.2) is 0 Å². The van der Waals surface area contributed by atoms with Crippen molar-refractivity contribution in [3.05, 3.63) is 34.5 Å². The Bertz CT molecular complexity index is 667. The van der Waals surface area contributed by atoms with Gasteiger partial charge in [0.1, 0.15) is 17.1 Å². The number of aryl methyl sites for hydroxylation is 3. The predicted molar refractivity (Wildman–Crippen MR) is 74.3 cm³/mol. The maximum absolute atomic E-state index is 11.8. The molecule has 0 saturated heterocycles. The van der Waals surface area contributed by atoms with Crippen LogP contribution in [0.5, 0.6) is 0 Å². The van der Waals surface area contributed by atoms with E-state index in [0.29, 0.717) is 22.9 Å². The molecule has 0 fully saturated rings. The lowest BCUT2D eigenvalue weighted by atomic mass is 10.2. The molecule has 0 unspecified atom stereocenters. The van der Waals surface area contributed by atoms with E-state index in [1.807, 2.05) is 0 Å². The fraction of sp³-hybridized carbons (Fsp3) is 0.308. The highest BCUT2D eigenvalue weighted by Gasteiger charge is 2.15. The highest BCUT2D eigenvalue weighted by Crippen LogP contribution is 2.16. The van der Waals surface area contributed by atoms with E-state index in [-0.39, 0.29) is 12.1 Å². The Morgan fingerprint density at radius 3 is 2.62 bits per heavy atom. The van der Waals surface area contributed by atoms with E-state index in [1.54, 1.807) is 20.8 Å². The molecule has 2 heterocycles. The Kier molecular flexibility index (Phi) is 3.97. The standard InChI is InChI=1S/C13H16N4O4/c1-6-11(7(2)17-16-6)15-13(20)14-5-9-4-10(12(18)19)8(3)21-9/h4H,5H2,1-3H3,(H,16,17)(H,18,19)(H2,14,15,20). The first-order valence-electron chi connectivity index (χ1n) is 6.27. The van der Waals surface area contributed by atoms with Crippen molar-refractivity contribution in [3.63, 3.8) is 0 Å². The van der Waals surface area contributed by atoms with Crippen molar-refractivity contribution in [2.24, 2.45) is 0 Å². The third-order valence-corrected chi connectivity index (χ3v) is 2.99. The van der Waals surface area contributed by atoms with Crippen LogP contribution in [0.4, 0.5) is 10.5 Å². The zero-order valence-electron chi connectivity index (χ0n) is 11.9. The molecule has 0 aliphatic heterocycles. The molecule has 4 N–H and O–H groups in total. The number of hydrogen-bond donors (Lipinski definition) is 4. The van der Waals surface area contributed by atoms with E-state index in [2.05, 4.69) is 20.8 Å². The van der Waals surface area contributed by atoms with E-state index in [4.69, 9.17) is 9.52 Å². The molecule has 0 bridgehead atoms. The van der Waals surface area contributed by atoms with Crippen LogP contribution in [0.3, 0.4) is 0 Å². The van der Waals surface area contributed by atoms with Gasteiger partial charge in [-0.25, -0.2) is 9.59 Å². The number of carbonyl (C=O) groups is 2. The van der Waals surface area contributed by atoms with Crippen LogP contribution in [0.2, 0.25) is 0 Å². The summed E-state index contributed by atoms with van der Waals surface area (Å²) in [6.07, 6.45) is 0. The van der Waals surface area contributed by atoms with Crippen LogP contribution in [0, 0.1) is 20.8 Å². The van der Waals surface area contributed by atoms with Gasteiger partial charge in [0, 0.05) is 0 Å². The van der Waals surface area contributed by atoms with Crippen LogP contribution in [0.25, 0.3) is 0 Å². The maximum atomic E-state index is 11.8. The molecule has 0 spiro atoms. The van der Waals surface area contributed by atoms with E-state index in [9.17, 15) is 9.59 Å². The Balaban J connectivity index is 1.95. The summed E-state index contributed by atoms with van der Waals surface area (Å²) >= 11 is 0. The van der Waals surface area contributed by atoms with Crippen molar-refractivity contribution in [2.75, 3.05) is 5.32 Å². The molecule has 8 nitrogen and oxygen atoms in total. The summed E-state index contributed by atoms with van der Waals surface area (Å²) in [5, 5.41) is 20.9. The van der Waals surface area contributed by atoms with Crippen LogP contribution >= 0.6 is 0 Å². The van der Waals surface area contributed by atoms with Gasteiger partial charge < -0.3 is 20.2 Å². The van der Waals surface area contributed by atoms with E-state index in [1.165, 1.54) is 6.07 Å². The fourth-order valence-electron chi connectivity index (χ4n) is 1.90. The number of rotatable bonds is 4. The molecule has 21 heavy (non-hydrogen) atoms. The molecule has 0 atom stereocenters. The number of anilines is 1. The maximum Gasteiger partial charge on any atom is 0.339 e. The molecular weight excluding hydrogens is 276 g/mol. The number of hydrogen-bond acceptors (Lipinski definition) is 4. The largest absolute Gasteiger partial charge is 0.478 e. The molecule has 0 aliphatic rings. The minimum Gasteiger partial charge on any atom is -0.478 e. The predicted octanol–water partition coefficient (Wildman–Crippen LogP) is 1.95. The molecule has 2 amide bonds. The molecule has 2 rings (SSSR count). The van der Waals surface area contributed by atoms with E-state index >= 15 is 0 Å². The number of aromatic carboxylic acids is 1. The van der Waals surface area contributed by atoms with E-state index in [0.717, 1.165) is 5.69 Å². The van der Waals surface area contributed by atoms with Gasteiger partial charge in [-0.15, -0.1) is 0 Å². The molecule has 0 saturated carbocycles. The van der Waals surface area contributed by atoms with E-state index < -0.39 is 12.0 Å². The van der Waals surface area contributed by atoms with Crippen LogP contribution < -0.4 is 10.6 Å². The highest BCUT2D eigenvalue weighted by molar-refractivity contribution is 5.90. The Morgan fingerprint density at radius 1 is 1.38 bits per heavy atom. The van der Waals surface area contributed by atoms with Gasteiger partial charge in [-0.2, -0.15) is 5.10 Å². The Morgan fingerprint density at radius 2 is 2.10 bits per heavy atom. The Hall–Kier alpha value is -2.77. The summed E-state index contributed by atoms with van der Waals surface area (Å²) in [6, 6.07) is 0.972. The third-order valence-electron chi connectivity index (χ3n) is 2.99. The summed E-state index contributed by atoms with van der Waals surface area (Å²) < 4.78 is 5.27. The number of nitrogens with one attached hydrogen (secondary N) is 3. The molecule has 0 aliphatic carbocycles. The second kappa shape index (κ2) is 5.70. The number of urea groups is 1. The van der Waals surface area contributed by atoms with Gasteiger partial charge in [-0.1, -0.05) is 0 Å². The van der Waals surface area contributed by atoms with Crippen molar-refractivity contribution in [1.29, 1.82) is 0 Å². The highest BCUT2D eigenvalue weighted by atomic mass is 16.4. The number of amides is 2. The zero-order chi connectivity index (χ0) is 15.6. The van der Waals surface area contributed by atoms with Gasteiger partial charge in [-0.3, -0.25) is 5.10 Å². The number of aromatic nitrogens is 2.